The number of aromatic nitrogens is 4. The molecule has 9 heteroatoms. The average Bonchev–Trinajstić information content (AvgIpc) is 3.40. The Morgan fingerprint density at radius 2 is 1.90 bits per heavy atom. The first kappa shape index (κ1) is 19.6. The summed E-state index contributed by atoms with van der Waals surface area (Å²) < 4.78 is 5.57. The van der Waals surface area contributed by atoms with E-state index in [1.807, 2.05) is 54.6 Å². The fourth-order valence-electron chi connectivity index (χ4n) is 3.17. The molecule has 1 saturated heterocycles. The maximum atomic E-state index is 12.2. The highest BCUT2D eigenvalue weighted by Gasteiger charge is 2.21. The van der Waals surface area contributed by atoms with Crippen LogP contribution >= 0.6 is 0 Å². The summed E-state index contributed by atoms with van der Waals surface area (Å²) in [6, 6.07) is 17.0. The molecule has 9 nitrogen and oxygen atoms in total. The third kappa shape index (κ3) is 4.99. The summed E-state index contributed by atoms with van der Waals surface area (Å²) in [4.78, 5) is 27.0. The lowest BCUT2D eigenvalue weighted by Crippen LogP contribution is -2.28. The van der Waals surface area contributed by atoms with Crippen LogP contribution in [0, 0.1) is 0 Å². The van der Waals surface area contributed by atoms with Gasteiger partial charge in [-0.2, -0.15) is 4.80 Å². The summed E-state index contributed by atoms with van der Waals surface area (Å²) in [7, 11) is 0. The van der Waals surface area contributed by atoms with Crippen LogP contribution in [0.4, 0.5) is 5.69 Å². The van der Waals surface area contributed by atoms with Crippen LogP contribution in [0.2, 0.25) is 0 Å². The Balaban J connectivity index is 1.23. The van der Waals surface area contributed by atoms with Crippen molar-refractivity contribution in [1.82, 2.24) is 25.5 Å². The Bertz CT molecular complexity index is 1000. The maximum absolute atomic E-state index is 12.2. The van der Waals surface area contributed by atoms with Gasteiger partial charge in [0.15, 0.2) is 6.61 Å². The van der Waals surface area contributed by atoms with Gasteiger partial charge < -0.3 is 15.0 Å². The van der Waals surface area contributed by atoms with Gasteiger partial charge in [-0.05, 0) is 41.5 Å². The fraction of sp³-hybridized carbons (Fsp3) is 0.286. The molecular formula is C21H22N6O3. The number of tetrazole rings is 1. The molecule has 1 N–H and O–H groups in total. The van der Waals surface area contributed by atoms with E-state index in [9.17, 15) is 9.59 Å². The summed E-state index contributed by atoms with van der Waals surface area (Å²) in [6.45, 7) is 1.29. The Kier molecular flexibility index (Phi) is 5.98. The Hall–Kier alpha value is -3.75. The van der Waals surface area contributed by atoms with Gasteiger partial charge in [0, 0.05) is 25.2 Å². The Labute approximate surface area is 173 Å². The van der Waals surface area contributed by atoms with E-state index in [2.05, 4.69) is 20.7 Å². The summed E-state index contributed by atoms with van der Waals surface area (Å²) in [5.74, 6) is 1.05. The van der Waals surface area contributed by atoms with Gasteiger partial charge in [-0.15, -0.1) is 10.2 Å². The van der Waals surface area contributed by atoms with Crippen molar-refractivity contribution in [3.8, 4) is 5.75 Å². The number of anilines is 1. The molecule has 2 heterocycles. The molecule has 0 unspecified atom stereocenters. The molecule has 1 aromatic heterocycles. The molecule has 3 aromatic rings. The lowest BCUT2D eigenvalue weighted by Gasteiger charge is -2.16. The Morgan fingerprint density at radius 3 is 2.63 bits per heavy atom. The summed E-state index contributed by atoms with van der Waals surface area (Å²) in [6.07, 6.45) is 1.50. The first-order valence-electron chi connectivity index (χ1n) is 9.78. The zero-order chi connectivity index (χ0) is 20.8. The van der Waals surface area contributed by atoms with Gasteiger partial charge in [-0.1, -0.05) is 30.3 Å². The van der Waals surface area contributed by atoms with E-state index < -0.39 is 0 Å². The molecule has 0 aliphatic carbocycles. The van der Waals surface area contributed by atoms with Crippen LogP contribution in [-0.2, 0) is 29.3 Å². The van der Waals surface area contributed by atoms with Gasteiger partial charge >= 0.3 is 0 Å². The molecular weight excluding hydrogens is 384 g/mol. The number of hydrogen-bond donors (Lipinski definition) is 1. The molecule has 0 bridgehead atoms. The normalized spacial score (nSPS) is 13.5. The van der Waals surface area contributed by atoms with Crippen molar-refractivity contribution in [2.24, 2.45) is 0 Å². The lowest BCUT2D eigenvalue weighted by atomic mass is 10.2. The van der Waals surface area contributed by atoms with Crippen LogP contribution < -0.4 is 15.0 Å². The molecule has 1 aliphatic heterocycles. The highest BCUT2D eigenvalue weighted by Crippen LogP contribution is 2.21. The first-order valence-corrected chi connectivity index (χ1v) is 9.78. The van der Waals surface area contributed by atoms with E-state index in [1.165, 1.54) is 4.80 Å². The fourth-order valence-corrected chi connectivity index (χ4v) is 3.17. The molecule has 0 spiro atoms. The minimum absolute atomic E-state index is 0.0291. The van der Waals surface area contributed by atoms with E-state index >= 15 is 0 Å². The molecule has 1 fully saturated rings. The van der Waals surface area contributed by atoms with Crippen LogP contribution in [0.1, 0.15) is 24.2 Å². The first-order chi connectivity index (χ1) is 14.7. The van der Waals surface area contributed by atoms with Crippen molar-refractivity contribution in [1.29, 1.82) is 0 Å². The minimum Gasteiger partial charge on any atom is -0.485 e. The number of nitrogens with one attached hydrogen (secondary N) is 1. The molecule has 4 rings (SSSR count). The van der Waals surface area contributed by atoms with Crippen molar-refractivity contribution in [3.05, 3.63) is 66.0 Å². The second kappa shape index (κ2) is 9.17. The second-order valence-electron chi connectivity index (χ2n) is 6.93. The summed E-state index contributed by atoms with van der Waals surface area (Å²) >= 11 is 0. The van der Waals surface area contributed by atoms with E-state index in [4.69, 9.17) is 4.74 Å². The molecule has 2 aromatic carbocycles. The summed E-state index contributed by atoms with van der Waals surface area (Å²) in [5.41, 5.74) is 1.84. The predicted molar refractivity (Wildman–Crippen MR) is 108 cm³/mol. The van der Waals surface area contributed by atoms with Gasteiger partial charge in [0.1, 0.15) is 12.3 Å². The van der Waals surface area contributed by atoms with Crippen molar-refractivity contribution in [2.45, 2.75) is 32.5 Å². The molecule has 2 amide bonds. The largest absolute Gasteiger partial charge is 0.485 e. The monoisotopic (exact) mass is 406 g/mol. The molecule has 0 atom stereocenters. The van der Waals surface area contributed by atoms with Crippen molar-refractivity contribution in [3.63, 3.8) is 0 Å². The number of amides is 2. The molecule has 1 aliphatic rings. The van der Waals surface area contributed by atoms with Crippen LogP contribution in [0.15, 0.2) is 54.6 Å². The van der Waals surface area contributed by atoms with E-state index in [0.29, 0.717) is 24.5 Å². The molecule has 154 valence electrons. The molecule has 0 radical (unpaired) electrons. The smallest absolute Gasteiger partial charge is 0.243 e. The highest BCUT2D eigenvalue weighted by molar-refractivity contribution is 5.95. The lowest BCUT2D eigenvalue weighted by molar-refractivity contribution is -0.122. The minimum atomic E-state index is -0.221. The number of rotatable bonds is 8. The zero-order valence-corrected chi connectivity index (χ0v) is 16.4. The quantitative estimate of drug-likeness (QED) is 0.611. The van der Waals surface area contributed by atoms with Gasteiger partial charge in [0.25, 0.3) is 0 Å². The van der Waals surface area contributed by atoms with Crippen LogP contribution in [0.5, 0.6) is 5.75 Å². The van der Waals surface area contributed by atoms with Gasteiger partial charge in [-0.3, -0.25) is 9.59 Å². The third-order valence-corrected chi connectivity index (χ3v) is 4.70. The number of para-hydroxylation sites is 1. The Morgan fingerprint density at radius 1 is 1.10 bits per heavy atom. The van der Waals surface area contributed by atoms with Gasteiger partial charge in [0.2, 0.25) is 17.6 Å². The van der Waals surface area contributed by atoms with E-state index in [1.54, 1.807) is 4.90 Å². The standard InChI is InChI=1S/C21H22N6O3/c28-20(14-27-24-19(23-25-27)15-30-18-5-2-1-3-6-18)22-13-16-8-10-17(11-9-16)26-12-4-7-21(26)29/h1-3,5-6,8-11H,4,7,12-15H2,(H,22,28). The van der Waals surface area contributed by atoms with E-state index in [0.717, 1.165) is 24.2 Å². The van der Waals surface area contributed by atoms with Crippen molar-refractivity contribution >= 4 is 17.5 Å². The number of nitrogens with zero attached hydrogens (tertiary/aromatic N) is 5. The highest BCUT2D eigenvalue weighted by atomic mass is 16.5. The summed E-state index contributed by atoms with van der Waals surface area (Å²) in [5, 5.41) is 14.8. The second-order valence-corrected chi connectivity index (χ2v) is 6.93. The maximum Gasteiger partial charge on any atom is 0.243 e. The van der Waals surface area contributed by atoms with Gasteiger partial charge in [-0.25, -0.2) is 0 Å². The molecule has 0 saturated carbocycles. The number of carbonyl (C=O) groups is 2. The number of carbonyl (C=O) groups excluding carboxylic acids is 2. The predicted octanol–water partition coefficient (Wildman–Crippen LogP) is 1.70. The SMILES string of the molecule is O=C(Cn1nnc(COc2ccccc2)n1)NCc1ccc(N2CCCC2=O)cc1. The van der Waals surface area contributed by atoms with Crippen LogP contribution in [0.25, 0.3) is 0 Å². The number of hydrogen-bond acceptors (Lipinski definition) is 6. The van der Waals surface area contributed by atoms with Crippen molar-refractivity contribution < 1.29 is 14.3 Å². The number of benzene rings is 2. The van der Waals surface area contributed by atoms with Crippen LogP contribution in [0.3, 0.4) is 0 Å². The zero-order valence-electron chi connectivity index (χ0n) is 16.4. The molecule has 30 heavy (non-hydrogen) atoms. The van der Waals surface area contributed by atoms with Gasteiger partial charge in [0.05, 0.1) is 0 Å². The van der Waals surface area contributed by atoms with Crippen molar-refractivity contribution in [2.75, 3.05) is 11.4 Å². The van der Waals surface area contributed by atoms with Crippen LogP contribution in [-0.4, -0.2) is 38.6 Å². The topological polar surface area (TPSA) is 102 Å². The average molecular weight is 406 g/mol. The number of ether oxygens (including phenoxy) is 1. The third-order valence-electron chi connectivity index (χ3n) is 4.70. The van der Waals surface area contributed by atoms with E-state index in [-0.39, 0.29) is 25.0 Å².